The third-order valence-electron chi connectivity index (χ3n) is 4.05. The highest BCUT2D eigenvalue weighted by atomic mass is 19.1. The fraction of sp³-hybridized carbons (Fsp3) is 0.588. The van der Waals surface area contributed by atoms with Gasteiger partial charge in [-0.1, -0.05) is 19.1 Å². The summed E-state index contributed by atoms with van der Waals surface area (Å²) in [5.41, 5.74) is 0.949. The third-order valence-corrected chi connectivity index (χ3v) is 4.05. The van der Waals surface area contributed by atoms with Gasteiger partial charge in [0.1, 0.15) is 5.82 Å². The van der Waals surface area contributed by atoms with Crippen molar-refractivity contribution >= 4 is 5.96 Å². The summed E-state index contributed by atoms with van der Waals surface area (Å²) in [5, 5.41) is 6.72. The second kappa shape index (κ2) is 7.58. The van der Waals surface area contributed by atoms with Crippen molar-refractivity contribution < 1.29 is 4.39 Å². The van der Waals surface area contributed by atoms with Crippen LogP contribution in [0.5, 0.6) is 0 Å². The second-order valence-electron chi connectivity index (χ2n) is 6.22. The van der Waals surface area contributed by atoms with Gasteiger partial charge in [-0.2, -0.15) is 0 Å². The SMILES string of the molecule is CCNC(=NCC(c1cccc(F)c1)N(C)C)NC1CC1C. The van der Waals surface area contributed by atoms with E-state index < -0.39 is 0 Å². The minimum Gasteiger partial charge on any atom is -0.357 e. The molecule has 3 atom stereocenters. The first-order valence-electron chi connectivity index (χ1n) is 7.98. The zero-order valence-corrected chi connectivity index (χ0v) is 13.9. The number of hydrogen-bond donors (Lipinski definition) is 2. The van der Waals surface area contributed by atoms with Crippen LogP contribution in [0.1, 0.15) is 31.9 Å². The molecule has 5 heteroatoms. The van der Waals surface area contributed by atoms with E-state index in [2.05, 4.69) is 34.4 Å². The Kier molecular flexibility index (Phi) is 5.77. The van der Waals surface area contributed by atoms with Crippen molar-refractivity contribution in [3.8, 4) is 0 Å². The van der Waals surface area contributed by atoms with Gasteiger partial charge in [0.2, 0.25) is 0 Å². The number of nitrogens with zero attached hydrogens (tertiary/aromatic N) is 2. The molecule has 2 N–H and O–H groups in total. The molecule has 4 nitrogen and oxygen atoms in total. The molecule has 1 aromatic carbocycles. The number of hydrogen-bond acceptors (Lipinski definition) is 2. The van der Waals surface area contributed by atoms with Crippen molar-refractivity contribution in [2.24, 2.45) is 10.9 Å². The summed E-state index contributed by atoms with van der Waals surface area (Å²) in [4.78, 5) is 6.76. The Morgan fingerprint density at radius 1 is 1.45 bits per heavy atom. The van der Waals surface area contributed by atoms with Crippen LogP contribution in [-0.2, 0) is 0 Å². The Bertz CT molecular complexity index is 515. The average Bonchev–Trinajstić information content (AvgIpc) is 3.14. The maximum atomic E-state index is 13.5. The number of aliphatic imine (C=N–C) groups is 1. The van der Waals surface area contributed by atoms with Crippen LogP contribution in [0.3, 0.4) is 0 Å². The molecule has 0 spiro atoms. The molecule has 1 fully saturated rings. The molecule has 0 amide bonds. The zero-order valence-electron chi connectivity index (χ0n) is 13.9. The van der Waals surface area contributed by atoms with Gasteiger partial charge < -0.3 is 15.5 Å². The van der Waals surface area contributed by atoms with E-state index in [1.165, 1.54) is 12.5 Å². The molecule has 2 rings (SSSR count). The topological polar surface area (TPSA) is 39.7 Å². The number of rotatable bonds is 6. The minimum absolute atomic E-state index is 0.0581. The maximum Gasteiger partial charge on any atom is 0.191 e. The molecule has 22 heavy (non-hydrogen) atoms. The number of likely N-dealkylation sites (N-methyl/N-ethyl adjacent to an activating group) is 1. The van der Waals surface area contributed by atoms with E-state index in [4.69, 9.17) is 0 Å². The van der Waals surface area contributed by atoms with Crippen molar-refractivity contribution in [3.05, 3.63) is 35.6 Å². The van der Waals surface area contributed by atoms with Crippen LogP contribution in [-0.4, -0.2) is 44.1 Å². The van der Waals surface area contributed by atoms with Crippen molar-refractivity contribution in [1.82, 2.24) is 15.5 Å². The summed E-state index contributed by atoms with van der Waals surface area (Å²) in [6, 6.07) is 7.35. The monoisotopic (exact) mass is 306 g/mol. The molecule has 122 valence electrons. The van der Waals surface area contributed by atoms with E-state index >= 15 is 0 Å². The van der Waals surface area contributed by atoms with Gasteiger partial charge in [0.15, 0.2) is 5.96 Å². The molecule has 0 aromatic heterocycles. The molecular formula is C17H27FN4. The van der Waals surface area contributed by atoms with Gasteiger partial charge in [0.05, 0.1) is 12.6 Å². The van der Waals surface area contributed by atoms with E-state index in [1.54, 1.807) is 12.1 Å². The highest BCUT2D eigenvalue weighted by Crippen LogP contribution is 2.28. The van der Waals surface area contributed by atoms with Crippen molar-refractivity contribution in [2.75, 3.05) is 27.2 Å². The largest absolute Gasteiger partial charge is 0.357 e. The lowest BCUT2D eigenvalue weighted by molar-refractivity contribution is 0.305. The van der Waals surface area contributed by atoms with Crippen LogP contribution in [0.25, 0.3) is 0 Å². The Balaban J connectivity index is 2.06. The van der Waals surface area contributed by atoms with Crippen molar-refractivity contribution in [2.45, 2.75) is 32.4 Å². The summed E-state index contributed by atoms with van der Waals surface area (Å²) in [7, 11) is 3.99. The van der Waals surface area contributed by atoms with Gasteiger partial charge in [-0.15, -0.1) is 0 Å². The molecule has 0 heterocycles. The lowest BCUT2D eigenvalue weighted by atomic mass is 10.1. The van der Waals surface area contributed by atoms with E-state index in [0.29, 0.717) is 12.6 Å². The summed E-state index contributed by atoms with van der Waals surface area (Å²) in [5.74, 6) is 1.36. The average molecular weight is 306 g/mol. The number of halogens is 1. The number of guanidine groups is 1. The standard InChI is InChI=1S/C17H27FN4/c1-5-19-17(21-15-9-12(15)2)20-11-16(22(3)4)13-7-6-8-14(18)10-13/h6-8,10,12,15-16H,5,9,11H2,1-4H3,(H2,19,20,21). The fourth-order valence-corrected chi connectivity index (χ4v) is 2.48. The zero-order chi connectivity index (χ0) is 16.1. The molecular weight excluding hydrogens is 279 g/mol. The maximum absolute atomic E-state index is 13.5. The molecule has 1 aliphatic rings. The number of nitrogens with one attached hydrogen (secondary N) is 2. The Labute approximate surface area is 132 Å². The van der Waals surface area contributed by atoms with Gasteiger partial charge in [0.25, 0.3) is 0 Å². The van der Waals surface area contributed by atoms with E-state index in [9.17, 15) is 4.39 Å². The summed E-state index contributed by atoms with van der Waals surface area (Å²) in [6.45, 7) is 5.71. The number of benzene rings is 1. The van der Waals surface area contributed by atoms with Crippen LogP contribution in [0, 0.1) is 11.7 Å². The molecule has 0 aliphatic heterocycles. The van der Waals surface area contributed by atoms with Crippen molar-refractivity contribution in [3.63, 3.8) is 0 Å². The summed E-state index contributed by atoms with van der Waals surface area (Å²) < 4.78 is 13.5. The molecule has 0 saturated heterocycles. The predicted molar refractivity (Wildman–Crippen MR) is 89.5 cm³/mol. The van der Waals surface area contributed by atoms with E-state index in [1.807, 2.05) is 20.2 Å². The van der Waals surface area contributed by atoms with E-state index in [-0.39, 0.29) is 11.9 Å². The highest BCUT2D eigenvalue weighted by Gasteiger charge is 2.33. The van der Waals surface area contributed by atoms with Crippen LogP contribution in [0.2, 0.25) is 0 Å². The smallest absolute Gasteiger partial charge is 0.191 e. The molecule has 1 saturated carbocycles. The lowest BCUT2D eigenvalue weighted by Crippen LogP contribution is -2.39. The van der Waals surface area contributed by atoms with Gasteiger partial charge >= 0.3 is 0 Å². The van der Waals surface area contributed by atoms with E-state index in [0.717, 1.165) is 24.0 Å². The van der Waals surface area contributed by atoms with Crippen LogP contribution < -0.4 is 10.6 Å². The fourth-order valence-electron chi connectivity index (χ4n) is 2.48. The third kappa shape index (κ3) is 4.70. The summed E-state index contributed by atoms with van der Waals surface area (Å²) >= 11 is 0. The molecule has 0 radical (unpaired) electrons. The minimum atomic E-state index is -0.204. The highest BCUT2D eigenvalue weighted by molar-refractivity contribution is 5.80. The van der Waals surface area contributed by atoms with Crippen LogP contribution in [0.15, 0.2) is 29.3 Å². The first-order valence-corrected chi connectivity index (χ1v) is 7.98. The molecule has 1 aliphatic carbocycles. The Morgan fingerprint density at radius 2 is 2.18 bits per heavy atom. The van der Waals surface area contributed by atoms with Crippen molar-refractivity contribution in [1.29, 1.82) is 0 Å². The van der Waals surface area contributed by atoms with Crippen LogP contribution >= 0.6 is 0 Å². The Hall–Kier alpha value is -1.62. The molecule has 1 aromatic rings. The van der Waals surface area contributed by atoms with Gasteiger partial charge in [0, 0.05) is 12.6 Å². The quantitative estimate of drug-likeness (QED) is 0.626. The van der Waals surface area contributed by atoms with Gasteiger partial charge in [-0.3, -0.25) is 4.99 Å². The predicted octanol–water partition coefficient (Wildman–Crippen LogP) is 2.39. The molecule has 3 unspecified atom stereocenters. The first kappa shape index (κ1) is 16.7. The normalized spacial score (nSPS) is 22.5. The Morgan fingerprint density at radius 3 is 2.73 bits per heavy atom. The second-order valence-corrected chi connectivity index (χ2v) is 6.22. The van der Waals surface area contributed by atoms with Gasteiger partial charge in [-0.25, -0.2) is 4.39 Å². The lowest BCUT2D eigenvalue weighted by Gasteiger charge is -2.23. The van der Waals surface area contributed by atoms with Gasteiger partial charge in [-0.05, 0) is 51.1 Å². The first-order chi connectivity index (χ1) is 10.5. The summed E-state index contributed by atoms with van der Waals surface area (Å²) in [6.07, 6.45) is 1.20. The molecule has 0 bridgehead atoms. The van der Waals surface area contributed by atoms with Crippen LogP contribution in [0.4, 0.5) is 4.39 Å².